The summed E-state index contributed by atoms with van der Waals surface area (Å²) in [6.45, 7) is 0.584. The number of hydrogen-bond donors (Lipinski definition) is 0. The van der Waals surface area contributed by atoms with Gasteiger partial charge in [-0.15, -0.1) is 10.2 Å². The molecule has 0 saturated heterocycles. The summed E-state index contributed by atoms with van der Waals surface area (Å²) in [7, 11) is 0. The summed E-state index contributed by atoms with van der Waals surface area (Å²) in [6, 6.07) is 7.50. The zero-order chi connectivity index (χ0) is 14.7. The summed E-state index contributed by atoms with van der Waals surface area (Å²) in [5.41, 5.74) is 2.70. The second-order valence-electron chi connectivity index (χ2n) is 5.31. The molecule has 3 aromatic rings. The van der Waals surface area contributed by atoms with E-state index in [0.717, 1.165) is 16.9 Å². The summed E-state index contributed by atoms with van der Waals surface area (Å²) in [6.07, 6.45) is 1.68. The third kappa shape index (κ3) is 1.37. The fraction of sp³-hybridized carbons (Fsp3) is 0.231. The van der Waals surface area contributed by atoms with Crippen LogP contribution >= 0.6 is 0 Å². The number of para-hydroxylation sites is 1. The Kier molecular flexibility index (Phi) is 2.08. The predicted molar refractivity (Wildman–Crippen MR) is 71.6 cm³/mol. The number of benzene rings is 1. The molecule has 0 bridgehead atoms. The molecule has 0 aliphatic carbocycles. The van der Waals surface area contributed by atoms with Gasteiger partial charge in [-0.2, -0.15) is 0 Å². The molecular weight excluding hydrogens is 284 g/mol. The van der Waals surface area contributed by atoms with Crippen LogP contribution in [0.25, 0.3) is 5.69 Å². The number of carbonyl (C=O) groups is 1. The van der Waals surface area contributed by atoms with Crippen molar-refractivity contribution in [2.75, 3.05) is 0 Å². The first kappa shape index (κ1) is 11.5. The van der Waals surface area contributed by atoms with E-state index >= 15 is 0 Å². The van der Waals surface area contributed by atoms with Crippen molar-refractivity contribution >= 4 is 5.91 Å². The van der Waals surface area contributed by atoms with Crippen molar-refractivity contribution in [3.63, 3.8) is 0 Å². The molecule has 1 atom stereocenters. The Morgan fingerprint density at radius 3 is 3.00 bits per heavy atom. The van der Waals surface area contributed by atoms with Crippen molar-refractivity contribution in [3.05, 3.63) is 47.5 Å². The average molecular weight is 294 g/mol. The van der Waals surface area contributed by atoms with Crippen LogP contribution in [0.4, 0.5) is 0 Å². The average Bonchev–Trinajstić information content (AvgIpc) is 3.15. The monoisotopic (exact) mass is 294 g/mol. The molecule has 108 valence electrons. The van der Waals surface area contributed by atoms with Crippen LogP contribution in [-0.2, 0) is 17.9 Å². The van der Waals surface area contributed by atoms with E-state index < -0.39 is 0 Å². The van der Waals surface area contributed by atoms with Crippen LogP contribution in [0.2, 0.25) is 0 Å². The third-order valence-corrected chi connectivity index (χ3v) is 4.13. The first-order valence-electron chi connectivity index (χ1n) is 6.87. The molecule has 0 N–H and O–H groups in total. The molecule has 1 amide bonds. The fourth-order valence-corrected chi connectivity index (χ4v) is 3.16. The van der Waals surface area contributed by atoms with E-state index in [-0.39, 0.29) is 18.5 Å². The number of fused-ring (bicyclic) bond motifs is 7. The lowest BCUT2D eigenvalue weighted by molar-refractivity contribution is -0.136. The minimum absolute atomic E-state index is 0.0192. The molecule has 2 aliphatic heterocycles. The van der Waals surface area contributed by atoms with E-state index in [4.69, 9.17) is 0 Å². The molecule has 0 saturated carbocycles. The maximum atomic E-state index is 12.5. The Bertz CT molecular complexity index is 897. The first-order valence-corrected chi connectivity index (χ1v) is 6.87. The van der Waals surface area contributed by atoms with Crippen molar-refractivity contribution in [2.45, 2.75) is 19.1 Å². The number of hydrogen-bond acceptors (Lipinski definition) is 6. The number of aromatic nitrogens is 7. The van der Waals surface area contributed by atoms with Crippen molar-refractivity contribution in [1.29, 1.82) is 0 Å². The number of nitrogens with zero attached hydrogens (tertiary/aromatic N) is 8. The molecule has 4 heterocycles. The summed E-state index contributed by atoms with van der Waals surface area (Å²) < 4.78 is 3.34. The highest BCUT2D eigenvalue weighted by atomic mass is 16.2. The smallest absolute Gasteiger partial charge is 0.245 e. The van der Waals surface area contributed by atoms with E-state index in [2.05, 4.69) is 25.8 Å². The van der Waals surface area contributed by atoms with Gasteiger partial charge in [0.15, 0.2) is 5.82 Å². The summed E-state index contributed by atoms with van der Waals surface area (Å²) in [4.78, 5) is 14.3. The van der Waals surface area contributed by atoms with E-state index in [0.29, 0.717) is 12.4 Å². The molecule has 9 nitrogen and oxygen atoms in total. The van der Waals surface area contributed by atoms with E-state index in [1.807, 2.05) is 24.3 Å². The molecule has 0 fully saturated rings. The van der Waals surface area contributed by atoms with Crippen molar-refractivity contribution in [1.82, 2.24) is 40.1 Å². The standard InChI is InChI=1S/C13H10N8O/c22-11-7-20-13(15-16-18-20)12-9-3-1-2-4-10(9)21-8(5-14-17-21)6-19(11)12/h1-5,12H,6-7H2. The van der Waals surface area contributed by atoms with Gasteiger partial charge >= 0.3 is 0 Å². The van der Waals surface area contributed by atoms with Gasteiger partial charge in [0.2, 0.25) is 5.91 Å². The minimum Gasteiger partial charge on any atom is -0.321 e. The molecule has 9 heteroatoms. The van der Waals surface area contributed by atoms with Crippen molar-refractivity contribution in [3.8, 4) is 5.69 Å². The Morgan fingerprint density at radius 1 is 1.14 bits per heavy atom. The minimum atomic E-state index is -0.311. The number of tetrazole rings is 1. The molecule has 1 aromatic carbocycles. The van der Waals surface area contributed by atoms with Gasteiger partial charge in [0.1, 0.15) is 12.6 Å². The Hall–Kier alpha value is -3.10. The molecule has 0 spiro atoms. The quantitative estimate of drug-likeness (QED) is 0.565. The Morgan fingerprint density at radius 2 is 2.05 bits per heavy atom. The highest BCUT2D eigenvalue weighted by Crippen LogP contribution is 2.37. The molecular formula is C13H10N8O. The lowest BCUT2D eigenvalue weighted by atomic mass is 10.0. The van der Waals surface area contributed by atoms with Crippen LogP contribution < -0.4 is 0 Å². The molecule has 2 aliphatic rings. The normalized spacial score (nSPS) is 19.0. The maximum absolute atomic E-state index is 12.5. The second-order valence-corrected chi connectivity index (χ2v) is 5.31. The lowest BCUT2D eigenvalue weighted by Gasteiger charge is -2.33. The number of carbonyl (C=O) groups excluding carboxylic acids is 1. The summed E-state index contributed by atoms with van der Waals surface area (Å²) in [5.74, 6) is 0.653. The van der Waals surface area contributed by atoms with E-state index in [1.165, 1.54) is 0 Å². The largest absolute Gasteiger partial charge is 0.321 e. The van der Waals surface area contributed by atoms with Crippen LogP contribution in [0.3, 0.4) is 0 Å². The summed E-state index contributed by atoms with van der Waals surface area (Å²) in [5, 5.41) is 19.9. The number of amides is 1. The van der Waals surface area contributed by atoms with Gasteiger partial charge in [0, 0.05) is 5.56 Å². The molecule has 1 unspecified atom stereocenters. The zero-order valence-electron chi connectivity index (χ0n) is 11.4. The van der Waals surface area contributed by atoms with E-state index in [1.54, 1.807) is 20.5 Å². The van der Waals surface area contributed by atoms with Gasteiger partial charge in [-0.1, -0.05) is 23.4 Å². The van der Waals surface area contributed by atoms with Crippen LogP contribution in [0.1, 0.15) is 23.1 Å². The van der Waals surface area contributed by atoms with Crippen molar-refractivity contribution in [2.24, 2.45) is 0 Å². The zero-order valence-corrected chi connectivity index (χ0v) is 11.4. The topological polar surface area (TPSA) is 94.6 Å². The lowest BCUT2D eigenvalue weighted by Crippen LogP contribution is -2.42. The molecule has 2 aromatic heterocycles. The summed E-state index contributed by atoms with van der Waals surface area (Å²) >= 11 is 0. The highest BCUT2D eigenvalue weighted by Gasteiger charge is 2.40. The van der Waals surface area contributed by atoms with Gasteiger partial charge in [-0.05, 0) is 16.5 Å². The fourth-order valence-electron chi connectivity index (χ4n) is 3.16. The van der Waals surface area contributed by atoms with Crippen LogP contribution in [0.15, 0.2) is 30.5 Å². The third-order valence-electron chi connectivity index (χ3n) is 4.13. The first-order chi connectivity index (χ1) is 10.8. The van der Waals surface area contributed by atoms with Crippen LogP contribution in [-0.4, -0.2) is 46.0 Å². The van der Waals surface area contributed by atoms with Crippen LogP contribution in [0.5, 0.6) is 0 Å². The van der Waals surface area contributed by atoms with E-state index in [9.17, 15) is 4.79 Å². The Labute approximate surface area is 124 Å². The molecule has 22 heavy (non-hydrogen) atoms. The van der Waals surface area contributed by atoms with Crippen LogP contribution in [0, 0.1) is 0 Å². The second kappa shape index (κ2) is 3.97. The Balaban J connectivity index is 1.84. The van der Waals surface area contributed by atoms with Gasteiger partial charge in [-0.25, -0.2) is 9.36 Å². The number of rotatable bonds is 0. The maximum Gasteiger partial charge on any atom is 0.245 e. The van der Waals surface area contributed by atoms with Gasteiger partial charge in [0.05, 0.1) is 24.1 Å². The highest BCUT2D eigenvalue weighted by molar-refractivity contribution is 5.78. The molecule has 5 rings (SSSR count). The van der Waals surface area contributed by atoms with Gasteiger partial charge in [0.25, 0.3) is 0 Å². The van der Waals surface area contributed by atoms with Gasteiger partial charge < -0.3 is 4.90 Å². The predicted octanol–water partition coefficient (Wildman–Crippen LogP) is -0.301. The van der Waals surface area contributed by atoms with Crippen molar-refractivity contribution < 1.29 is 4.79 Å². The SMILES string of the molecule is O=C1Cn2nnnc2C2c3ccccc3-n3nncc3CN12. The molecule has 0 radical (unpaired) electrons. The van der Waals surface area contributed by atoms with Gasteiger partial charge in [-0.3, -0.25) is 4.79 Å².